The third kappa shape index (κ3) is 3.33. The average molecular weight is 392 g/mol. The molecule has 4 heteroatoms. The first kappa shape index (κ1) is 18.1. The van der Waals surface area contributed by atoms with Gasteiger partial charge in [-0.05, 0) is 58.1 Å². The van der Waals surface area contributed by atoms with E-state index in [4.69, 9.17) is 4.74 Å². The normalized spacial score (nSPS) is 11.1. The van der Waals surface area contributed by atoms with Crippen LogP contribution in [0, 0.1) is 0 Å². The van der Waals surface area contributed by atoms with Crippen molar-refractivity contribution in [1.82, 2.24) is 9.38 Å². The molecular weight excluding hydrogens is 372 g/mol. The van der Waals surface area contributed by atoms with E-state index in [1.807, 2.05) is 22.7 Å². The number of carbonyl (C=O) groups excluding carboxylic acids is 1. The van der Waals surface area contributed by atoms with E-state index >= 15 is 0 Å². The topological polar surface area (TPSA) is 43.6 Å². The Balaban J connectivity index is 1.45. The van der Waals surface area contributed by atoms with E-state index in [1.54, 1.807) is 13.1 Å². The fourth-order valence-electron chi connectivity index (χ4n) is 3.69. The number of esters is 1. The van der Waals surface area contributed by atoms with Crippen molar-refractivity contribution in [2.45, 2.75) is 6.92 Å². The van der Waals surface area contributed by atoms with Crippen molar-refractivity contribution in [2.75, 3.05) is 6.61 Å². The lowest BCUT2D eigenvalue weighted by atomic mass is 9.99. The number of fused-ring (bicyclic) bond motifs is 2. The summed E-state index contributed by atoms with van der Waals surface area (Å²) in [5.41, 5.74) is 5.56. The van der Waals surface area contributed by atoms with Gasteiger partial charge in [0, 0.05) is 12.4 Å². The predicted octanol–water partition coefficient (Wildman–Crippen LogP) is 6.00. The number of hydrogen-bond donors (Lipinski definition) is 0. The summed E-state index contributed by atoms with van der Waals surface area (Å²) in [5.74, 6) is -0.400. The Morgan fingerprint density at radius 2 is 1.50 bits per heavy atom. The van der Waals surface area contributed by atoms with Crippen LogP contribution in [-0.2, 0) is 4.74 Å². The second-order valence-corrected chi connectivity index (χ2v) is 7.17. The van der Waals surface area contributed by atoms with Gasteiger partial charge in [-0.15, -0.1) is 0 Å². The second-order valence-electron chi connectivity index (χ2n) is 7.17. The molecule has 146 valence electrons. The summed E-state index contributed by atoms with van der Waals surface area (Å²) < 4.78 is 6.87. The van der Waals surface area contributed by atoms with Crippen LogP contribution >= 0.6 is 0 Å². The fraction of sp³-hybridized carbons (Fsp3) is 0.0769. The van der Waals surface area contributed by atoms with Gasteiger partial charge in [0.25, 0.3) is 0 Å². The minimum Gasteiger partial charge on any atom is -0.461 e. The molecule has 0 aliphatic carbocycles. The van der Waals surface area contributed by atoms with Crippen LogP contribution in [0.4, 0.5) is 0 Å². The van der Waals surface area contributed by atoms with E-state index in [9.17, 15) is 4.79 Å². The molecule has 0 saturated carbocycles. The first-order chi connectivity index (χ1) is 14.7. The summed E-state index contributed by atoms with van der Waals surface area (Å²) in [6.45, 7) is 2.12. The van der Waals surface area contributed by atoms with Gasteiger partial charge >= 0.3 is 5.97 Å². The lowest BCUT2D eigenvalue weighted by Crippen LogP contribution is -2.04. The molecule has 0 unspecified atom stereocenters. The van der Waals surface area contributed by atoms with E-state index in [0.717, 1.165) is 11.1 Å². The predicted molar refractivity (Wildman–Crippen MR) is 120 cm³/mol. The summed E-state index contributed by atoms with van der Waals surface area (Å²) in [7, 11) is 0. The Morgan fingerprint density at radius 1 is 0.833 bits per heavy atom. The van der Waals surface area contributed by atoms with Gasteiger partial charge in [-0.2, -0.15) is 0 Å². The molecule has 0 atom stereocenters. The number of ether oxygens (including phenoxy) is 1. The van der Waals surface area contributed by atoms with Gasteiger partial charge < -0.3 is 9.14 Å². The quantitative estimate of drug-likeness (QED) is 0.352. The molecule has 0 spiro atoms. The van der Waals surface area contributed by atoms with E-state index in [2.05, 4.69) is 71.7 Å². The van der Waals surface area contributed by atoms with Gasteiger partial charge in [0.05, 0.1) is 6.61 Å². The molecule has 0 aliphatic heterocycles. The molecule has 0 saturated heterocycles. The maximum Gasteiger partial charge on any atom is 0.358 e. The minimum atomic E-state index is -0.400. The van der Waals surface area contributed by atoms with E-state index in [0.29, 0.717) is 17.9 Å². The van der Waals surface area contributed by atoms with Gasteiger partial charge in [-0.1, -0.05) is 60.7 Å². The van der Waals surface area contributed by atoms with Gasteiger partial charge in [0.1, 0.15) is 5.65 Å². The van der Waals surface area contributed by atoms with Crippen LogP contribution in [-0.4, -0.2) is 22.0 Å². The fourth-order valence-corrected chi connectivity index (χ4v) is 3.69. The Bertz CT molecular complexity index is 1370. The first-order valence-corrected chi connectivity index (χ1v) is 9.97. The number of hydrogen-bond acceptors (Lipinski definition) is 3. The highest BCUT2D eigenvalue weighted by molar-refractivity contribution is 5.89. The van der Waals surface area contributed by atoms with Gasteiger partial charge in [0.15, 0.2) is 5.69 Å². The number of benzene rings is 3. The summed E-state index contributed by atoms with van der Waals surface area (Å²) in [5, 5.41) is 2.48. The van der Waals surface area contributed by atoms with Crippen molar-refractivity contribution >= 4 is 22.4 Å². The van der Waals surface area contributed by atoms with Crippen LogP contribution < -0.4 is 0 Å². The molecule has 0 bridgehead atoms. The molecule has 2 aromatic heterocycles. The maximum atomic E-state index is 11.9. The SMILES string of the molecule is CCOC(=O)c1cn2ccc(-c3ccc(-c4ccc5ccccc5c4)cc3)cc2n1. The molecule has 0 radical (unpaired) electrons. The number of rotatable bonds is 4. The van der Waals surface area contributed by atoms with Crippen molar-refractivity contribution < 1.29 is 9.53 Å². The Morgan fingerprint density at radius 3 is 2.23 bits per heavy atom. The highest BCUT2D eigenvalue weighted by Gasteiger charge is 2.12. The van der Waals surface area contributed by atoms with Crippen molar-refractivity contribution in [3.8, 4) is 22.3 Å². The van der Waals surface area contributed by atoms with Crippen molar-refractivity contribution in [2.24, 2.45) is 0 Å². The Hall–Kier alpha value is -3.92. The number of aromatic nitrogens is 2. The summed E-state index contributed by atoms with van der Waals surface area (Å²) in [4.78, 5) is 16.3. The van der Waals surface area contributed by atoms with Crippen molar-refractivity contribution in [3.05, 3.63) is 97.0 Å². The molecule has 2 heterocycles. The van der Waals surface area contributed by atoms with Gasteiger partial charge in [0.2, 0.25) is 0 Å². The van der Waals surface area contributed by atoms with E-state index < -0.39 is 5.97 Å². The summed E-state index contributed by atoms with van der Waals surface area (Å²) >= 11 is 0. The third-order valence-corrected chi connectivity index (χ3v) is 5.25. The molecule has 0 aliphatic rings. The van der Waals surface area contributed by atoms with Gasteiger partial charge in [-0.25, -0.2) is 9.78 Å². The highest BCUT2D eigenvalue weighted by atomic mass is 16.5. The Labute approximate surface area is 174 Å². The minimum absolute atomic E-state index is 0.320. The molecular formula is C26H20N2O2. The molecule has 0 amide bonds. The van der Waals surface area contributed by atoms with Crippen LogP contribution in [0.1, 0.15) is 17.4 Å². The number of carbonyl (C=O) groups is 1. The molecule has 0 fully saturated rings. The number of pyridine rings is 1. The molecule has 4 nitrogen and oxygen atoms in total. The molecule has 30 heavy (non-hydrogen) atoms. The van der Waals surface area contributed by atoms with Crippen molar-refractivity contribution in [1.29, 1.82) is 0 Å². The monoisotopic (exact) mass is 392 g/mol. The molecule has 5 rings (SSSR count). The zero-order valence-corrected chi connectivity index (χ0v) is 16.6. The summed E-state index contributed by atoms with van der Waals surface area (Å²) in [6, 6.07) is 27.4. The third-order valence-electron chi connectivity index (χ3n) is 5.25. The van der Waals surface area contributed by atoms with E-state index in [-0.39, 0.29) is 0 Å². The summed E-state index contributed by atoms with van der Waals surface area (Å²) in [6.07, 6.45) is 3.61. The largest absolute Gasteiger partial charge is 0.461 e. The zero-order valence-electron chi connectivity index (χ0n) is 16.6. The van der Waals surface area contributed by atoms with Gasteiger partial charge in [-0.3, -0.25) is 0 Å². The van der Waals surface area contributed by atoms with Crippen LogP contribution in [0.2, 0.25) is 0 Å². The lowest BCUT2D eigenvalue weighted by molar-refractivity contribution is 0.0520. The van der Waals surface area contributed by atoms with Crippen LogP contribution in [0.5, 0.6) is 0 Å². The Kier molecular flexibility index (Phi) is 4.52. The first-order valence-electron chi connectivity index (χ1n) is 9.97. The zero-order chi connectivity index (χ0) is 20.5. The molecule has 3 aromatic carbocycles. The second kappa shape index (κ2) is 7.48. The van der Waals surface area contributed by atoms with Crippen LogP contribution in [0.3, 0.4) is 0 Å². The standard InChI is InChI=1S/C26H20N2O2/c1-2-30-26(29)24-17-28-14-13-23(16-25(28)27-24)20-9-7-19(8-10-20)22-12-11-18-5-3-4-6-21(18)15-22/h3-17H,2H2,1H3. The molecule has 0 N–H and O–H groups in total. The van der Waals surface area contributed by atoms with Crippen molar-refractivity contribution in [3.63, 3.8) is 0 Å². The molecule has 5 aromatic rings. The van der Waals surface area contributed by atoms with E-state index in [1.165, 1.54) is 21.9 Å². The smallest absolute Gasteiger partial charge is 0.358 e. The highest BCUT2D eigenvalue weighted by Crippen LogP contribution is 2.28. The van der Waals surface area contributed by atoms with Crippen LogP contribution in [0.15, 0.2) is 91.3 Å². The maximum absolute atomic E-state index is 11.9. The number of imidazole rings is 1. The van der Waals surface area contributed by atoms with Crippen LogP contribution in [0.25, 0.3) is 38.7 Å². The lowest BCUT2D eigenvalue weighted by Gasteiger charge is -2.07. The average Bonchev–Trinajstić information content (AvgIpc) is 3.23. The number of nitrogens with zero attached hydrogens (tertiary/aromatic N) is 2.